The number of amides is 1. The first kappa shape index (κ1) is 16.4. The summed E-state index contributed by atoms with van der Waals surface area (Å²) >= 11 is 0. The Morgan fingerprint density at radius 3 is 2.29 bits per heavy atom. The summed E-state index contributed by atoms with van der Waals surface area (Å²) in [6, 6.07) is 11.8. The maximum Gasteiger partial charge on any atom is 0.272 e. The van der Waals surface area contributed by atoms with E-state index in [0.29, 0.717) is 11.6 Å². The van der Waals surface area contributed by atoms with Crippen molar-refractivity contribution >= 4 is 11.9 Å². The van der Waals surface area contributed by atoms with E-state index in [2.05, 4.69) is 9.88 Å². The third kappa shape index (κ3) is 3.72. The molecule has 1 amide bonds. The maximum atomic E-state index is 12.4. The first-order valence-electron chi connectivity index (χ1n) is 8.56. The van der Waals surface area contributed by atoms with Crippen molar-refractivity contribution in [3.05, 3.63) is 42.1 Å². The summed E-state index contributed by atoms with van der Waals surface area (Å²) in [7, 11) is 3.50. The summed E-state index contributed by atoms with van der Waals surface area (Å²) in [6.45, 7) is 1.90. The number of hydrogen-bond acceptors (Lipinski definition) is 4. The Labute approximate surface area is 143 Å². The number of benzene rings is 1. The van der Waals surface area contributed by atoms with Crippen LogP contribution in [0.15, 0.2) is 36.4 Å². The van der Waals surface area contributed by atoms with Crippen LogP contribution in [0.1, 0.15) is 36.2 Å². The molecule has 0 aliphatic carbocycles. The number of carbonyl (C=O) groups is 1. The zero-order valence-electron chi connectivity index (χ0n) is 14.4. The Hall–Kier alpha value is -2.43. The van der Waals surface area contributed by atoms with Gasteiger partial charge in [-0.15, -0.1) is 0 Å². The van der Waals surface area contributed by atoms with E-state index in [9.17, 15) is 4.79 Å². The predicted molar refractivity (Wildman–Crippen MR) is 96.2 cm³/mol. The van der Waals surface area contributed by atoms with Gasteiger partial charge in [0.1, 0.15) is 5.69 Å². The Morgan fingerprint density at radius 2 is 1.67 bits per heavy atom. The Kier molecular flexibility index (Phi) is 5.08. The summed E-state index contributed by atoms with van der Waals surface area (Å²) in [5, 5.41) is 0. The van der Waals surface area contributed by atoms with Gasteiger partial charge in [0.25, 0.3) is 5.91 Å². The molecule has 5 nitrogen and oxygen atoms in total. The van der Waals surface area contributed by atoms with Crippen LogP contribution in [0.5, 0.6) is 0 Å². The third-order valence-corrected chi connectivity index (χ3v) is 4.30. The lowest BCUT2D eigenvalue weighted by Gasteiger charge is -2.22. The van der Waals surface area contributed by atoms with Crippen LogP contribution in [0, 0.1) is 0 Å². The van der Waals surface area contributed by atoms with Crippen molar-refractivity contribution < 1.29 is 4.79 Å². The van der Waals surface area contributed by atoms with Crippen LogP contribution in [0.25, 0.3) is 11.3 Å². The van der Waals surface area contributed by atoms with Crippen molar-refractivity contribution in [1.82, 2.24) is 14.9 Å². The maximum absolute atomic E-state index is 12.4. The van der Waals surface area contributed by atoms with E-state index >= 15 is 0 Å². The number of rotatable bonds is 3. The van der Waals surface area contributed by atoms with Gasteiger partial charge in [-0.05, 0) is 18.9 Å². The third-order valence-electron chi connectivity index (χ3n) is 4.30. The summed E-state index contributed by atoms with van der Waals surface area (Å²) in [4.78, 5) is 25.5. The van der Waals surface area contributed by atoms with Crippen molar-refractivity contribution in [2.75, 3.05) is 32.1 Å². The highest BCUT2D eigenvalue weighted by molar-refractivity contribution is 5.93. The average Bonchev–Trinajstić information content (AvgIpc) is 2.91. The first-order valence-corrected chi connectivity index (χ1v) is 8.56. The van der Waals surface area contributed by atoms with Gasteiger partial charge in [0, 0.05) is 32.7 Å². The van der Waals surface area contributed by atoms with Crippen LogP contribution < -0.4 is 4.90 Å². The van der Waals surface area contributed by atoms with Crippen LogP contribution in [0.4, 0.5) is 5.95 Å². The van der Waals surface area contributed by atoms with Crippen LogP contribution in [-0.4, -0.2) is 48.0 Å². The number of hydrogen-bond donors (Lipinski definition) is 0. The SMILES string of the molecule is CN(C)C(=O)c1cc(-c2ccccc2)nc(N2CCCCCC2)n1. The largest absolute Gasteiger partial charge is 0.343 e. The number of carbonyl (C=O) groups excluding carboxylic acids is 1. The van der Waals surface area contributed by atoms with Crippen molar-refractivity contribution in [2.45, 2.75) is 25.7 Å². The minimum absolute atomic E-state index is 0.0920. The standard InChI is InChI=1S/C19H24N4O/c1-22(2)18(24)17-14-16(15-10-6-5-7-11-15)20-19(21-17)23-12-8-3-4-9-13-23/h5-7,10-11,14H,3-4,8-9,12-13H2,1-2H3. The second kappa shape index (κ2) is 7.43. The molecule has 2 heterocycles. The van der Waals surface area contributed by atoms with E-state index in [-0.39, 0.29) is 5.91 Å². The minimum atomic E-state index is -0.0920. The van der Waals surface area contributed by atoms with Crippen molar-refractivity contribution in [3.63, 3.8) is 0 Å². The van der Waals surface area contributed by atoms with Gasteiger partial charge in [-0.25, -0.2) is 9.97 Å². The molecular formula is C19H24N4O. The molecule has 126 valence electrons. The van der Waals surface area contributed by atoms with Crippen LogP contribution in [0.3, 0.4) is 0 Å². The first-order chi connectivity index (χ1) is 11.6. The van der Waals surface area contributed by atoms with Gasteiger partial charge in [0.2, 0.25) is 5.95 Å². The van der Waals surface area contributed by atoms with Gasteiger partial charge in [-0.2, -0.15) is 0 Å². The quantitative estimate of drug-likeness (QED) is 0.870. The molecule has 0 bridgehead atoms. The highest BCUT2D eigenvalue weighted by Gasteiger charge is 2.18. The monoisotopic (exact) mass is 324 g/mol. The smallest absolute Gasteiger partial charge is 0.272 e. The van der Waals surface area contributed by atoms with Gasteiger partial charge in [0.15, 0.2) is 0 Å². The Bertz CT molecular complexity index is 692. The van der Waals surface area contributed by atoms with Gasteiger partial charge in [-0.1, -0.05) is 43.2 Å². The van der Waals surface area contributed by atoms with E-state index in [1.165, 1.54) is 12.8 Å². The molecular weight excluding hydrogens is 300 g/mol. The normalized spacial score (nSPS) is 15.0. The molecule has 0 atom stereocenters. The van der Waals surface area contributed by atoms with Gasteiger partial charge >= 0.3 is 0 Å². The molecule has 2 aromatic rings. The van der Waals surface area contributed by atoms with E-state index in [1.807, 2.05) is 30.3 Å². The van der Waals surface area contributed by atoms with Crippen LogP contribution >= 0.6 is 0 Å². The molecule has 0 radical (unpaired) electrons. The fourth-order valence-electron chi connectivity index (χ4n) is 2.94. The molecule has 3 rings (SSSR count). The molecule has 0 unspecified atom stereocenters. The molecule has 1 aromatic carbocycles. The zero-order valence-corrected chi connectivity index (χ0v) is 14.4. The van der Waals surface area contributed by atoms with E-state index in [1.54, 1.807) is 25.1 Å². The number of anilines is 1. The molecule has 1 saturated heterocycles. The summed E-state index contributed by atoms with van der Waals surface area (Å²) in [6.07, 6.45) is 4.79. The van der Waals surface area contributed by atoms with Gasteiger partial charge < -0.3 is 9.80 Å². The average molecular weight is 324 g/mol. The Balaban J connectivity index is 2.04. The molecule has 0 spiro atoms. The van der Waals surface area contributed by atoms with Crippen molar-refractivity contribution in [1.29, 1.82) is 0 Å². The van der Waals surface area contributed by atoms with E-state index < -0.39 is 0 Å². The molecule has 5 heteroatoms. The zero-order chi connectivity index (χ0) is 16.9. The predicted octanol–water partition coefficient (Wildman–Crippen LogP) is 3.23. The molecule has 1 aromatic heterocycles. The van der Waals surface area contributed by atoms with E-state index in [0.717, 1.165) is 37.2 Å². The lowest BCUT2D eigenvalue weighted by atomic mass is 10.1. The fourth-order valence-corrected chi connectivity index (χ4v) is 2.94. The summed E-state index contributed by atoms with van der Waals surface area (Å²) < 4.78 is 0. The molecule has 1 fully saturated rings. The van der Waals surface area contributed by atoms with Crippen molar-refractivity contribution in [3.8, 4) is 11.3 Å². The second-order valence-corrected chi connectivity index (χ2v) is 6.41. The van der Waals surface area contributed by atoms with Gasteiger partial charge in [-0.3, -0.25) is 4.79 Å². The van der Waals surface area contributed by atoms with E-state index in [4.69, 9.17) is 4.98 Å². The van der Waals surface area contributed by atoms with Crippen molar-refractivity contribution in [2.24, 2.45) is 0 Å². The molecule has 1 aliphatic rings. The number of nitrogens with zero attached hydrogens (tertiary/aromatic N) is 4. The summed E-state index contributed by atoms with van der Waals surface area (Å²) in [5.41, 5.74) is 2.26. The highest BCUT2D eigenvalue weighted by atomic mass is 16.2. The topological polar surface area (TPSA) is 49.3 Å². The fraction of sp³-hybridized carbons (Fsp3) is 0.421. The lowest BCUT2D eigenvalue weighted by molar-refractivity contribution is 0.0822. The minimum Gasteiger partial charge on any atom is -0.343 e. The van der Waals surface area contributed by atoms with Crippen LogP contribution in [-0.2, 0) is 0 Å². The highest BCUT2D eigenvalue weighted by Crippen LogP contribution is 2.23. The second-order valence-electron chi connectivity index (χ2n) is 6.41. The summed E-state index contributed by atoms with van der Waals surface area (Å²) in [5.74, 6) is 0.578. The molecule has 0 N–H and O–H groups in total. The molecule has 24 heavy (non-hydrogen) atoms. The van der Waals surface area contributed by atoms with Crippen LogP contribution in [0.2, 0.25) is 0 Å². The molecule has 0 saturated carbocycles. The molecule has 1 aliphatic heterocycles. The van der Waals surface area contributed by atoms with Gasteiger partial charge in [0.05, 0.1) is 5.69 Å². The number of aromatic nitrogens is 2. The lowest BCUT2D eigenvalue weighted by Crippen LogP contribution is -2.28. The Morgan fingerprint density at radius 1 is 1.00 bits per heavy atom.